The standard InChI is InChI=1S/C20H31N5O/c1-13(12-24-15(3)9-14(2)22-24)11-21-19(26)17-10-18(16-7-8-16)25(23-17)20(4,5)6/h9-10,13,16H,7-8,11-12H2,1-6H3,(H,21,26). The molecular weight excluding hydrogens is 326 g/mol. The molecule has 6 heteroatoms. The van der Waals surface area contributed by atoms with Crippen LogP contribution in [-0.4, -0.2) is 32.0 Å². The van der Waals surface area contributed by atoms with Crippen LogP contribution in [0.1, 0.15) is 74.0 Å². The zero-order valence-electron chi connectivity index (χ0n) is 16.8. The van der Waals surface area contributed by atoms with Gasteiger partial charge in [-0.15, -0.1) is 0 Å². The van der Waals surface area contributed by atoms with Gasteiger partial charge in [-0.25, -0.2) is 0 Å². The number of rotatable bonds is 6. The zero-order valence-corrected chi connectivity index (χ0v) is 16.8. The van der Waals surface area contributed by atoms with Gasteiger partial charge in [0, 0.05) is 30.4 Å². The summed E-state index contributed by atoms with van der Waals surface area (Å²) in [5.41, 5.74) is 3.79. The van der Waals surface area contributed by atoms with E-state index in [2.05, 4.69) is 56.2 Å². The van der Waals surface area contributed by atoms with Gasteiger partial charge in [-0.1, -0.05) is 6.92 Å². The summed E-state index contributed by atoms with van der Waals surface area (Å²) in [4.78, 5) is 12.6. The average molecular weight is 358 g/mol. The van der Waals surface area contributed by atoms with Gasteiger partial charge in [-0.2, -0.15) is 10.2 Å². The monoisotopic (exact) mass is 357 g/mol. The first-order chi connectivity index (χ1) is 12.1. The van der Waals surface area contributed by atoms with Crippen molar-refractivity contribution < 1.29 is 4.79 Å². The lowest BCUT2D eigenvalue weighted by molar-refractivity contribution is 0.0940. The molecule has 2 aromatic rings. The Hall–Kier alpha value is -2.11. The number of nitrogens with one attached hydrogen (secondary N) is 1. The molecule has 1 atom stereocenters. The first-order valence-electron chi connectivity index (χ1n) is 9.55. The zero-order chi connectivity index (χ0) is 19.1. The van der Waals surface area contributed by atoms with Crippen molar-refractivity contribution in [2.24, 2.45) is 5.92 Å². The molecule has 0 bridgehead atoms. The second-order valence-corrected chi connectivity index (χ2v) is 8.74. The van der Waals surface area contributed by atoms with Gasteiger partial charge < -0.3 is 5.32 Å². The van der Waals surface area contributed by atoms with Gasteiger partial charge in [0.15, 0.2) is 0 Å². The van der Waals surface area contributed by atoms with Crippen LogP contribution >= 0.6 is 0 Å². The summed E-state index contributed by atoms with van der Waals surface area (Å²) in [6.07, 6.45) is 2.39. The molecular formula is C20H31N5O. The van der Waals surface area contributed by atoms with Gasteiger partial charge >= 0.3 is 0 Å². The molecule has 0 aromatic carbocycles. The molecule has 2 heterocycles. The van der Waals surface area contributed by atoms with E-state index in [1.165, 1.54) is 18.5 Å². The minimum absolute atomic E-state index is 0.0879. The van der Waals surface area contributed by atoms with Crippen molar-refractivity contribution in [2.45, 2.75) is 72.4 Å². The maximum atomic E-state index is 12.6. The van der Waals surface area contributed by atoms with Gasteiger partial charge in [0.2, 0.25) is 0 Å². The number of carbonyl (C=O) groups is 1. The van der Waals surface area contributed by atoms with Crippen LogP contribution in [0.25, 0.3) is 0 Å². The van der Waals surface area contributed by atoms with Gasteiger partial charge in [0.1, 0.15) is 5.69 Å². The molecule has 1 unspecified atom stereocenters. The highest BCUT2D eigenvalue weighted by Gasteiger charge is 2.32. The second-order valence-electron chi connectivity index (χ2n) is 8.74. The lowest BCUT2D eigenvalue weighted by Crippen LogP contribution is -2.31. The topological polar surface area (TPSA) is 64.7 Å². The Kier molecular flexibility index (Phi) is 4.95. The maximum Gasteiger partial charge on any atom is 0.271 e. The van der Waals surface area contributed by atoms with E-state index in [0.717, 1.165) is 17.9 Å². The molecule has 0 saturated heterocycles. The molecule has 1 saturated carbocycles. The van der Waals surface area contributed by atoms with Crippen molar-refractivity contribution in [3.8, 4) is 0 Å². The van der Waals surface area contributed by atoms with Crippen molar-refractivity contribution in [3.63, 3.8) is 0 Å². The van der Waals surface area contributed by atoms with Crippen molar-refractivity contribution in [2.75, 3.05) is 6.54 Å². The summed E-state index contributed by atoms with van der Waals surface area (Å²) in [6, 6.07) is 4.05. The van der Waals surface area contributed by atoms with Crippen LogP contribution in [-0.2, 0) is 12.1 Å². The predicted molar refractivity (Wildman–Crippen MR) is 102 cm³/mol. The maximum absolute atomic E-state index is 12.6. The summed E-state index contributed by atoms with van der Waals surface area (Å²) >= 11 is 0. The smallest absolute Gasteiger partial charge is 0.271 e. The first-order valence-corrected chi connectivity index (χ1v) is 9.55. The van der Waals surface area contributed by atoms with Gasteiger partial charge in [-0.3, -0.25) is 14.2 Å². The second kappa shape index (κ2) is 6.89. The summed E-state index contributed by atoms with van der Waals surface area (Å²) in [5.74, 6) is 0.771. The third-order valence-corrected chi connectivity index (χ3v) is 4.80. The van der Waals surface area contributed by atoms with E-state index >= 15 is 0 Å². The fourth-order valence-corrected chi connectivity index (χ4v) is 3.29. The highest BCUT2D eigenvalue weighted by molar-refractivity contribution is 5.92. The molecule has 1 amide bonds. The Bertz CT molecular complexity index is 792. The highest BCUT2D eigenvalue weighted by atomic mass is 16.1. The summed E-state index contributed by atoms with van der Waals surface area (Å²) in [5, 5.41) is 12.1. The molecule has 1 aliphatic carbocycles. The predicted octanol–water partition coefficient (Wildman–Crippen LogP) is 3.39. The molecule has 0 radical (unpaired) electrons. The van der Waals surface area contributed by atoms with Gasteiger partial charge in [0.25, 0.3) is 5.91 Å². The molecule has 1 fully saturated rings. The first kappa shape index (κ1) is 18.7. The molecule has 0 aliphatic heterocycles. The minimum atomic E-state index is -0.112. The lowest BCUT2D eigenvalue weighted by atomic mass is 10.1. The van der Waals surface area contributed by atoms with Crippen molar-refractivity contribution >= 4 is 5.91 Å². The Morgan fingerprint density at radius 3 is 2.50 bits per heavy atom. The molecule has 0 spiro atoms. The number of amides is 1. The third kappa shape index (κ3) is 4.17. The number of nitrogens with zero attached hydrogens (tertiary/aromatic N) is 4. The number of hydrogen-bond acceptors (Lipinski definition) is 3. The molecule has 142 valence electrons. The minimum Gasteiger partial charge on any atom is -0.350 e. The fourth-order valence-electron chi connectivity index (χ4n) is 3.29. The average Bonchev–Trinajstić information content (AvgIpc) is 3.19. The van der Waals surface area contributed by atoms with E-state index in [9.17, 15) is 4.79 Å². The van der Waals surface area contributed by atoms with E-state index in [1.807, 2.05) is 22.4 Å². The van der Waals surface area contributed by atoms with E-state index in [4.69, 9.17) is 0 Å². The van der Waals surface area contributed by atoms with Crippen LogP contribution < -0.4 is 5.32 Å². The van der Waals surface area contributed by atoms with Gasteiger partial charge in [0.05, 0.1) is 11.2 Å². The molecule has 26 heavy (non-hydrogen) atoms. The van der Waals surface area contributed by atoms with E-state index < -0.39 is 0 Å². The SMILES string of the molecule is Cc1cc(C)n(CC(C)CNC(=O)c2cc(C3CC3)n(C(C)(C)C)n2)n1. The van der Waals surface area contributed by atoms with Crippen LogP contribution in [0.15, 0.2) is 12.1 Å². The normalized spacial score (nSPS) is 15.9. The van der Waals surface area contributed by atoms with Crippen LogP contribution in [0.4, 0.5) is 0 Å². The third-order valence-electron chi connectivity index (χ3n) is 4.80. The summed E-state index contributed by atoms with van der Waals surface area (Å²) in [6.45, 7) is 14.0. The van der Waals surface area contributed by atoms with E-state index in [0.29, 0.717) is 24.1 Å². The van der Waals surface area contributed by atoms with Gasteiger partial charge in [-0.05, 0) is 65.5 Å². The Balaban J connectivity index is 1.62. The number of hydrogen-bond donors (Lipinski definition) is 1. The summed E-state index contributed by atoms with van der Waals surface area (Å²) < 4.78 is 4.03. The van der Waals surface area contributed by atoms with Crippen molar-refractivity contribution in [1.82, 2.24) is 24.9 Å². The largest absolute Gasteiger partial charge is 0.350 e. The fraction of sp³-hybridized carbons (Fsp3) is 0.650. The van der Waals surface area contributed by atoms with Crippen molar-refractivity contribution in [1.29, 1.82) is 0 Å². The summed E-state index contributed by atoms with van der Waals surface area (Å²) in [7, 11) is 0. The Labute approximate surface area is 156 Å². The molecule has 1 aliphatic rings. The van der Waals surface area contributed by atoms with Crippen molar-refractivity contribution in [3.05, 3.63) is 34.9 Å². The highest BCUT2D eigenvalue weighted by Crippen LogP contribution is 2.41. The lowest BCUT2D eigenvalue weighted by Gasteiger charge is -2.22. The van der Waals surface area contributed by atoms with E-state index in [1.54, 1.807) is 0 Å². The molecule has 1 N–H and O–H groups in total. The Morgan fingerprint density at radius 2 is 1.96 bits per heavy atom. The van der Waals surface area contributed by atoms with Crippen LogP contribution in [0.2, 0.25) is 0 Å². The van der Waals surface area contributed by atoms with Crippen LogP contribution in [0, 0.1) is 19.8 Å². The molecule has 6 nitrogen and oxygen atoms in total. The number of aromatic nitrogens is 4. The van der Waals surface area contributed by atoms with Crippen LogP contribution in [0.5, 0.6) is 0 Å². The van der Waals surface area contributed by atoms with E-state index in [-0.39, 0.29) is 11.4 Å². The van der Waals surface area contributed by atoms with Crippen LogP contribution in [0.3, 0.4) is 0 Å². The molecule has 3 rings (SSSR count). The number of carbonyl (C=O) groups excluding carboxylic acids is 1. The quantitative estimate of drug-likeness (QED) is 0.862. The number of aryl methyl sites for hydroxylation is 2. The Morgan fingerprint density at radius 1 is 1.27 bits per heavy atom. The molecule has 2 aromatic heterocycles.